The zero-order chi connectivity index (χ0) is 21.3. The molecule has 1 aromatic carbocycles. The zero-order valence-electron chi connectivity index (χ0n) is 18.3. The molecule has 6 nitrogen and oxygen atoms in total. The van der Waals surface area contributed by atoms with Gasteiger partial charge in [-0.25, -0.2) is 0 Å². The van der Waals surface area contributed by atoms with Crippen molar-refractivity contribution in [3.8, 4) is 0 Å². The van der Waals surface area contributed by atoms with Gasteiger partial charge in [0.1, 0.15) is 0 Å². The van der Waals surface area contributed by atoms with Crippen molar-refractivity contribution in [2.24, 2.45) is 11.3 Å². The highest BCUT2D eigenvalue weighted by Crippen LogP contribution is 2.42. The van der Waals surface area contributed by atoms with E-state index >= 15 is 0 Å². The first-order chi connectivity index (χ1) is 14.4. The highest BCUT2D eigenvalue weighted by atomic mass is 16.3. The van der Waals surface area contributed by atoms with Crippen LogP contribution in [-0.2, 0) is 4.79 Å². The van der Waals surface area contributed by atoms with Crippen LogP contribution in [-0.4, -0.2) is 84.0 Å². The number of rotatable bonds is 3. The van der Waals surface area contributed by atoms with Crippen LogP contribution in [0.3, 0.4) is 0 Å². The Bertz CT molecular complexity index is 790. The van der Waals surface area contributed by atoms with Crippen LogP contribution in [0.2, 0.25) is 0 Å². The second-order valence-corrected chi connectivity index (χ2v) is 9.54. The molecule has 3 aliphatic rings. The Balaban J connectivity index is 1.36. The second-order valence-electron chi connectivity index (χ2n) is 9.54. The fraction of sp³-hybridized carbons (Fsp3) is 0.667. The Morgan fingerprint density at radius 1 is 1.07 bits per heavy atom. The third kappa shape index (κ3) is 3.87. The van der Waals surface area contributed by atoms with Crippen molar-refractivity contribution in [1.82, 2.24) is 14.7 Å². The molecule has 0 aromatic heterocycles. The van der Waals surface area contributed by atoms with Crippen molar-refractivity contribution >= 4 is 11.8 Å². The van der Waals surface area contributed by atoms with E-state index in [9.17, 15) is 14.7 Å². The van der Waals surface area contributed by atoms with Crippen LogP contribution in [0.1, 0.15) is 48.0 Å². The molecule has 0 aliphatic carbocycles. The Labute approximate surface area is 179 Å². The highest BCUT2D eigenvalue weighted by molar-refractivity contribution is 5.95. The molecule has 0 spiro atoms. The van der Waals surface area contributed by atoms with Crippen molar-refractivity contribution < 1.29 is 14.7 Å². The smallest absolute Gasteiger partial charge is 0.254 e. The van der Waals surface area contributed by atoms with Crippen LogP contribution in [0.5, 0.6) is 0 Å². The number of fused-ring (bicyclic) bond motifs is 1. The van der Waals surface area contributed by atoms with E-state index in [1.54, 1.807) is 0 Å². The van der Waals surface area contributed by atoms with Gasteiger partial charge >= 0.3 is 0 Å². The summed E-state index contributed by atoms with van der Waals surface area (Å²) in [5.74, 6) is 0.318. The summed E-state index contributed by atoms with van der Waals surface area (Å²) in [7, 11) is 2.12. The summed E-state index contributed by atoms with van der Waals surface area (Å²) >= 11 is 0. The first kappa shape index (κ1) is 21.3. The maximum Gasteiger partial charge on any atom is 0.254 e. The lowest BCUT2D eigenvalue weighted by molar-refractivity contribution is -0.145. The Morgan fingerprint density at radius 3 is 2.50 bits per heavy atom. The number of hydrogen-bond acceptors (Lipinski definition) is 4. The van der Waals surface area contributed by atoms with Gasteiger partial charge in [-0.15, -0.1) is 0 Å². The van der Waals surface area contributed by atoms with Crippen molar-refractivity contribution in [3.05, 3.63) is 35.4 Å². The molecule has 6 heteroatoms. The first-order valence-corrected chi connectivity index (χ1v) is 11.4. The maximum atomic E-state index is 13.3. The van der Waals surface area contributed by atoms with E-state index in [0.29, 0.717) is 13.1 Å². The third-order valence-corrected chi connectivity index (χ3v) is 7.83. The lowest BCUT2D eigenvalue weighted by Gasteiger charge is -2.54. The van der Waals surface area contributed by atoms with Gasteiger partial charge < -0.3 is 19.8 Å². The highest BCUT2D eigenvalue weighted by Gasteiger charge is 2.47. The number of likely N-dealkylation sites (tertiary alicyclic amines) is 3. The molecule has 1 N–H and O–H groups in total. The number of aryl methyl sites for hydroxylation is 1. The lowest BCUT2D eigenvalue weighted by Crippen LogP contribution is -2.63. The molecule has 2 atom stereocenters. The van der Waals surface area contributed by atoms with E-state index in [4.69, 9.17) is 0 Å². The Hall–Kier alpha value is -1.92. The normalized spacial score (nSPS) is 28.3. The molecule has 0 radical (unpaired) electrons. The van der Waals surface area contributed by atoms with Gasteiger partial charge in [0.2, 0.25) is 5.91 Å². The monoisotopic (exact) mass is 413 g/mol. The van der Waals surface area contributed by atoms with Gasteiger partial charge in [-0.05, 0) is 64.3 Å². The molecule has 30 heavy (non-hydrogen) atoms. The van der Waals surface area contributed by atoms with E-state index in [1.165, 1.54) is 0 Å². The summed E-state index contributed by atoms with van der Waals surface area (Å²) < 4.78 is 0. The molecule has 0 unspecified atom stereocenters. The molecule has 1 aromatic rings. The average Bonchev–Trinajstić information content (AvgIpc) is 2.78. The summed E-state index contributed by atoms with van der Waals surface area (Å²) in [5.41, 5.74) is 1.71. The lowest BCUT2D eigenvalue weighted by atomic mass is 9.69. The minimum Gasteiger partial charge on any atom is -0.396 e. The van der Waals surface area contributed by atoms with E-state index < -0.39 is 0 Å². The fourth-order valence-electron chi connectivity index (χ4n) is 5.79. The molecule has 3 heterocycles. The molecule has 2 amide bonds. The Kier molecular flexibility index (Phi) is 6.16. The third-order valence-electron chi connectivity index (χ3n) is 7.83. The number of carbonyl (C=O) groups excluding carboxylic acids is 2. The summed E-state index contributed by atoms with van der Waals surface area (Å²) in [6.45, 7) is 5.96. The number of benzene rings is 1. The van der Waals surface area contributed by atoms with Crippen molar-refractivity contribution in [1.29, 1.82) is 0 Å². The van der Waals surface area contributed by atoms with Crippen LogP contribution >= 0.6 is 0 Å². The number of aliphatic hydroxyl groups is 1. The molecular weight excluding hydrogens is 378 g/mol. The van der Waals surface area contributed by atoms with Crippen LogP contribution in [0.25, 0.3) is 0 Å². The molecule has 164 valence electrons. The summed E-state index contributed by atoms with van der Waals surface area (Å²) in [6.07, 6.45) is 4.53. The quantitative estimate of drug-likeness (QED) is 0.825. The average molecular weight is 414 g/mol. The predicted octanol–water partition coefficient (Wildman–Crippen LogP) is 2.15. The maximum absolute atomic E-state index is 13.3. The fourth-order valence-corrected chi connectivity index (χ4v) is 5.79. The van der Waals surface area contributed by atoms with Crippen LogP contribution in [0, 0.1) is 18.3 Å². The number of aliphatic hydroxyl groups excluding tert-OH is 1. The largest absolute Gasteiger partial charge is 0.396 e. The second kappa shape index (κ2) is 8.67. The van der Waals surface area contributed by atoms with Gasteiger partial charge in [0.05, 0.1) is 6.61 Å². The van der Waals surface area contributed by atoms with E-state index in [1.807, 2.05) is 41.0 Å². The molecule has 3 saturated heterocycles. The number of piperidine rings is 3. The van der Waals surface area contributed by atoms with Crippen LogP contribution < -0.4 is 0 Å². The summed E-state index contributed by atoms with van der Waals surface area (Å²) in [4.78, 5) is 32.4. The summed E-state index contributed by atoms with van der Waals surface area (Å²) in [6, 6.07) is 7.95. The van der Waals surface area contributed by atoms with Crippen LogP contribution in [0.4, 0.5) is 0 Å². The Morgan fingerprint density at radius 2 is 1.80 bits per heavy atom. The van der Waals surface area contributed by atoms with E-state index in [0.717, 1.165) is 62.9 Å². The number of carbonyl (C=O) groups is 2. The molecule has 0 saturated carbocycles. The predicted molar refractivity (Wildman–Crippen MR) is 116 cm³/mol. The minimum absolute atomic E-state index is 0.00134. The van der Waals surface area contributed by atoms with Gasteiger partial charge in [0.15, 0.2) is 0 Å². The van der Waals surface area contributed by atoms with Gasteiger partial charge in [0.25, 0.3) is 5.91 Å². The minimum atomic E-state index is -0.0485. The van der Waals surface area contributed by atoms with Gasteiger partial charge in [-0.2, -0.15) is 0 Å². The van der Waals surface area contributed by atoms with Crippen molar-refractivity contribution in [2.45, 2.75) is 45.1 Å². The summed E-state index contributed by atoms with van der Waals surface area (Å²) in [5, 5.41) is 10.1. The van der Waals surface area contributed by atoms with Gasteiger partial charge in [-0.1, -0.05) is 18.2 Å². The number of amides is 2. The zero-order valence-corrected chi connectivity index (χ0v) is 18.3. The van der Waals surface area contributed by atoms with Crippen LogP contribution in [0.15, 0.2) is 24.3 Å². The molecular formula is C24H35N3O3. The molecule has 3 fully saturated rings. The molecule has 3 aliphatic heterocycles. The molecule has 4 rings (SSSR count). The number of likely N-dealkylation sites (N-methyl/N-ethyl adjacent to an activating group) is 1. The number of hydrogen-bond donors (Lipinski definition) is 1. The van der Waals surface area contributed by atoms with E-state index in [2.05, 4.69) is 11.9 Å². The first-order valence-electron chi connectivity index (χ1n) is 11.4. The molecule has 0 bridgehead atoms. The van der Waals surface area contributed by atoms with Gasteiger partial charge in [0, 0.05) is 49.1 Å². The topological polar surface area (TPSA) is 64.1 Å². The van der Waals surface area contributed by atoms with E-state index in [-0.39, 0.29) is 35.8 Å². The number of nitrogens with zero attached hydrogens (tertiary/aromatic N) is 3. The van der Waals surface area contributed by atoms with Crippen molar-refractivity contribution in [3.63, 3.8) is 0 Å². The standard InChI is InChI=1S/C24H35N3O3/c1-18-6-3-4-7-20(18)23(30)26-13-8-19(9-14-26)22(29)27-15-11-24(17-28)10-5-12-25(2)21(24)16-27/h3-4,6-7,19,21,28H,5,8-17H2,1-2H3/t21-,24-/m1/s1. The van der Waals surface area contributed by atoms with Gasteiger partial charge in [-0.3, -0.25) is 9.59 Å². The SMILES string of the molecule is Cc1ccccc1C(=O)N1CCC(C(=O)N2CC[C@@]3(CO)CCCN(C)[C@@H]3C2)CC1. The van der Waals surface area contributed by atoms with Crippen molar-refractivity contribution in [2.75, 3.05) is 46.4 Å².